The van der Waals surface area contributed by atoms with Gasteiger partial charge in [0.25, 0.3) is 11.5 Å². The molecule has 25 heavy (non-hydrogen) atoms. The van der Waals surface area contributed by atoms with Gasteiger partial charge in [-0.2, -0.15) is 0 Å². The molecule has 1 aromatic carbocycles. The largest absolute Gasteiger partial charge is 0.350 e. The molecule has 0 saturated heterocycles. The van der Waals surface area contributed by atoms with E-state index in [4.69, 9.17) is 0 Å². The molecule has 0 saturated carbocycles. The predicted octanol–water partition coefficient (Wildman–Crippen LogP) is 2.37. The molecule has 0 bridgehead atoms. The van der Waals surface area contributed by atoms with Crippen LogP contribution in [-0.2, 0) is 6.42 Å². The van der Waals surface area contributed by atoms with E-state index in [1.54, 1.807) is 19.1 Å². The molecule has 2 rings (SSSR count). The van der Waals surface area contributed by atoms with Crippen molar-refractivity contribution in [3.8, 4) is 0 Å². The number of aromatic nitrogens is 1. The van der Waals surface area contributed by atoms with E-state index in [9.17, 15) is 9.59 Å². The van der Waals surface area contributed by atoms with E-state index >= 15 is 0 Å². The van der Waals surface area contributed by atoms with Crippen molar-refractivity contribution in [3.63, 3.8) is 0 Å². The third-order valence-corrected chi connectivity index (χ3v) is 4.44. The fourth-order valence-corrected chi connectivity index (χ4v) is 3.01. The van der Waals surface area contributed by atoms with Gasteiger partial charge >= 0.3 is 0 Å². The van der Waals surface area contributed by atoms with Gasteiger partial charge in [0.1, 0.15) is 5.56 Å². The van der Waals surface area contributed by atoms with Gasteiger partial charge in [-0.05, 0) is 44.1 Å². The maximum atomic E-state index is 12.4. The number of carbonyl (C=O) groups is 1. The van der Waals surface area contributed by atoms with Gasteiger partial charge in [-0.25, -0.2) is 0 Å². The summed E-state index contributed by atoms with van der Waals surface area (Å²) >= 11 is 0. The molecule has 1 atom stereocenters. The van der Waals surface area contributed by atoms with Crippen LogP contribution >= 0.6 is 0 Å². The predicted molar refractivity (Wildman–Crippen MR) is 101 cm³/mol. The summed E-state index contributed by atoms with van der Waals surface area (Å²) in [6, 6.07) is 13.8. The van der Waals surface area contributed by atoms with Crippen molar-refractivity contribution >= 4 is 5.91 Å². The number of hydrogen-bond acceptors (Lipinski definition) is 3. The second kappa shape index (κ2) is 9.18. The first kappa shape index (κ1) is 18.9. The molecular formula is C20H27N3O2. The molecule has 1 unspecified atom stereocenters. The Labute approximate surface area is 149 Å². The summed E-state index contributed by atoms with van der Waals surface area (Å²) in [4.78, 5) is 29.3. The molecule has 1 heterocycles. The Kier molecular flexibility index (Phi) is 6.95. The van der Waals surface area contributed by atoms with Crippen LogP contribution in [0.4, 0.5) is 0 Å². The summed E-state index contributed by atoms with van der Waals surface area (Å²) in [7, 11) is 0. The van der Waals surface area contributed by atoms with Gasteiger partial charge in [-0.3, -0.25) is 14.5 Å². The number of pyridine rings is 1. The monoisotopic (exact) mass is 341 g/mol. The average molecular weight is 341 g/mol. The van der Waals surface area contributed by atoms with Gasteiger partial charge in [0.15, 0.2) is 0 Å². The lowest BCUT2D eigenvalue weighted by molar-refractivity contribution is 0.0933. The average Bonchev–Trinajstić information content (AvgIpc) is 2.61. The Morgan fingerprint density at radius 1 is 1.12 bits per heavy atom. The van der Waals surface area contributed by atoms with Gasteiger partial charge in [0.2, 0.25) is 0 Å². The first-order valence-electron chi connectivity index (χ1n) is 8.81. The number of likely N-dealkylation sites (N-methyl/N-ethyl adjacent to an activating group) is 1. The summed E-state index contributed by atoms with van der Waals surface area (Å²) in [5, 5.41) is 2.93. The smallest absolute Gasteiger partial charge is 0.260 e. The second-order valence-corrected chi connectivity index (χ2v) is 6.16. The van der Waals surface area contributed by atoms with Crippen molar-refractivity contribution in [1.82, 2.24) is 15.2 Å². The summed E-state index contributed by atoms with van der Waals surface area (Å²) in [6.45, 7) is 8.36. The standard InChI is InChI=1S/C20H27N3O2/c1-4-23(5-2)17(13-16-9-7-6-8-10-16)14-21-19(24)18-12-11-15(3)22-20(18)25/h6-12,17H,4-5,13-14H2,1-3H3,(H,21,24)(H,22,25). The van der Waals surface area contributed by atoms with Crippen LogP contribution in [0.5, 0.6) is 0 Å². The number of aryl methyl sites for hydroxylation is 1. The number of aromatic amines is 1. The van der Waals surface area contributed by atoms with Crippen LogP contribution in [0.2, 0.25) is 0 Å². The summed E-state index contributed by atoms with van der Waals surface area (Å²) in [6.07, 6.45) is 0.854. The number of amides is 1. The minimum atomic E-state index is -0.347. The van der Waals surface area contributed by atoms with E-state index in [0.717, 1.165) is 25.2 Å². The molecule has 0 spiro atoms. The molecule has 134 valence electrons. The normalized spacial score (nSPS) is 12.2. The number of nitrogens with zero attached hydrogens (tertiary/aromatic N) is 1. The van der Waals surface area contributed by atoms with Crippen molar-refractivity contribution in [2.45, 2.75) is 33.2 Å². The zero-order valence-corrected chi connectivity index (χ0v) is 15.2. The van der Waals surface area contributed by atoms with Crippen LogP contribution in [0.25, 0.3) is 0 Å². The highest BCUT2D eigenvalue weighted by molar-refractivity contribution is 5.93. The number of rotatable bonds is 8. The van der Waals surface area contributed by atoms with Crippen LogP contribution in [0, 0.1) is 6.92 Å². The lowest BCUT2D eigenvalue weighted by Crippen LogP contribution is -2.45. The molecule has 1 amide bonds. The van der Waals surface area contributed by atoms with Crippen molar-refractivity contribution in [3.05, 3.63) is 69.6 Å². The van der Waals surface area contributed by atoms with Crippen LogP contribution in [0.3, 0.4) is 0 Å². The number of H-pyrrole nitrogens is 1. The molecule has 2 N–H and O–H groups in total. The van der Waals surface area contributed by atoms with Crippen molar-refractivity contribution in [2.75, 3.05) is 19.6 Å². The van der Waals surface area contributed by atoms with Gasteiger partial charge in [0, 0.05) is 18.3 Å². The van der Waals surface area contributed by atoms with Gasteiger partial charge in [-0.1, -0.05) is 44.2 Å². The Bertz CT molecular complexity index is 736. The third kappa shape index (κ3) is 5.29. The van der Waals surface area contributed by atoms with Crippen molar-refractivity contribution < 1.29 is 4.79 Å². The summed E-state index contributed by atoms with van der Waals surface area (Å²) in [5.41, 5.74) is 1.79. The lowest BCUT2D eigenvalue weighted by Gasteiger charge is -2.30. The first-order valence-corrected chi connectivity index (χ1v) is 8.81. The second-order valence-electron chi connectivity index (χ2n) is 6.16. The molecule has 0 radical (unpaired) electrons. The molecular weight excluding hydrogens is 314 g/mol. The number of benzene rings is 1. The third-order valence-electron chi connectivity index (χ3n) is 4.44. The van der Waals surface area contributed by atoms with E-state index in [-0.39, 0.29) is 23.1 Å². The molecule has 0 aliphatic rings. The Morgan fingerprint density at radius 2 is 1.80 bits per heavy atom. The molecule has 0 aliphatic carbocycles. The van der Waals surface area contributed by atoms with E-state index in [1.807, 2.05) is 18.2 Å². The highest BCUT2D eigenvalue weighted by atomic mass is 16.2. The summed E-state index contributed by atoms with van der Waals surface area (Å²) in [5.74, 6) is -0.327. The minimum Gasteiger partial charge on any atom is -0.350 e. The van der Waals surface area contributed by atoms with E-state index in [0.29, 0.717) is 6.54 Å². The van der Waals surface area contributed by atoms with E-state index in [1.165, 1.54) is 5.56 Å². The lowest BCUT2D eigenvalue weighted by atomic mass is 10.0. The highest BCUT2D eigenvalue weighted by Crippen LogP contribution is 2.09. The van der Waals surface area contributed by atoms with E-state index in [2.05, 4.69) is 41.2 Å². The Morgan fingerprint density at radius 3 is 2.40 bits per heavy atom. The molecule has 0 fully saturated rings. The quantitative estimate of drug-likeness (QED) is 0.775. The number of hydrogen-bond donors (Lipinski definition) is 2. The molecule has 5 nitrogen and oxygen atoms in total. The number of carbonyl (C=O) groups excluding carboxylic acids is 1. The molecule has 0 aliphatic heterocycles. The first-order chi connectivity index (χ1) is 12.0. The zero-order chi connectivity index (χ0) is 18.2. The van der Waals surface area contributed by atoms with Crippen LogP contribution in [-0.4, -0.2) is 41.5 Å². The molecule has 5 heteroatoms. The summed E-state index contributed by atoms with van der Waals surface area (Å²) < 4.78 is 0. The van der Waals surface area contributed by atoms with Crippen LogP contribution in [0.15, 0.2) is 47.3 Å². The Hall–Kier alpha value is -2.40. The molecule has 1 aromatic heterocycles. The van der Waals surface area contributed by atoms with Crippen molar-refractivity contribution in [1.29, 1.82) is 0 Å². The van der Waals surface area contributed by atoms with Gasteiger partial charge < -0.3 is 10.3 Å². The topological polar surface area (TPSA) is 65.2 Å². The van der Waals surface area contributed by atoms with E-state index < -0.39 is 0 Å². The number of nitrogens with one attached hydrogen (secondary N) is 2. The fraction of sp³-hybridized carbons (Fsp3) is 0.400. The van der Waals surface area contributed by atoms with Crippen molar-refractivity contribution in [2.24, 2.45) is 0 Å². The molecule has 2 aromatic rings. The van der Waals surface area contributed by atoms with Gasteiger partial charge in [-0.15, -0.1) is 0 Å². The van der Waals surface area contributed by atoms with Crippen LogP contribution in [0.1, 0.15) is 35.5 Å². The maximum absolute atomic E-state index is 12.4. The maximum Gasteiger partial charge on any atom is 0.260 e. The van der Waals surface area contributed by atoms with Gasteiger partial charge in [0.05, 0.1) is 0 Å². The Balaban J connectivity index is 2.08. The SMILES string of the molecule is CCN(CC)C(CNC(=O)c1ccc(C)[nH]c1=O)Cc1ccccc1. The fourth-order valence-electron chi connectivity index (χ4n) is 3.01. The zero-order valence-electron chi connectivity index (χ0n) is 15.2. The minimum absolute atomic E-state index is 0.156. The highest BCUT2D eigenvalue weighted by Gasteiger charge is 2.18. The van der Waals surface area contributed by atoms with Crippen LogP contribution < -0.4 is 10.9 Å².